The number of hydrogen-bond acceptors (Lipinski definition) is 4. The highest BCUT2D eigenvalue weighted by Crippen LogP contribution is 2.24. The molecule has 1 rings (SSSR count). The number of hydrogen-bond donors (Lipinski definition) is 1. The van der Waals surface area contributed by atoms with Crippen LogP contribution in [0.4, 0.5) is 0 Å². The molecule has 1 aliphatic rings. The number of piperazine rings is 1. The molecule has 0 aromatic carbocycles. The quantitative estimate of drug-likeness (QED) is 0.509. The SMILES string of the molecule is CC(C)N1C(=O)CN(C(=NCC(=O)N(C)C)NCC(=O)N(C)C)CC1(C)C. The lowest BCUT2D eigenvalue weighted by molar-refractivity contribution is -0.145. The Balaban J connectivity index is 3.04. The molecular formula is C18H34N6O3. The third-order valence-corrected chi connectivity index (χ3v) is 4.40. The average molecular weight is 383 g/mol. The molecule has 154 valence electrons. The van der Waals surface area contributed by atoms with E-state index in [4.69, 9.17) is 0 Å². The van der Waals surface area contributed by atoms with Gasteiger partial charge in [0.2, 0.25) is 17.7 Å². The molecule has 0 saturated carbocycles. The number of amides is 3. The molecule has 0 atom stereocenters. The van der Waals surface area contributed by atoms with Crippen LogP contribution >= 0.6 is 0 Å². The second kappa shape index (κ2) is 9.05. The van der Waals surface area contributed by atoms with Crippen LogP contribution in [-0.2, 0) is 14.4 Å². The zero-order valence-corrected chi connectivity index (χ0v) is 17.9. The van der Waals surface area contributed by atoms with Crippen LogP contribution in [-0.4, -0.2) is 109 Å². The van der Waals surface area contributed by atoms with Gasteiger partial charge in [-0.25, -0.2) is 4.99 Å². The highest BCUT2D eigenvalue weighted by molar-refractivity contribution is 5.92. The van der Waals surface area contributed by atoms with Crippen LogP contribution in [0, 0.1) is 0 Å². The normalized spacial score (nSPS) is 17.2. The molecule has 0 spiro atoms. The van der Waals surface area contributed by atoms with Crippen LogP contribution in [0.2, 0.25) is 0 Å². The molecule has 1 aliphatic heterocycles. The summed E-state index contributed by atoms with van der Waals surface area (Å²) in [5, 5.41) is 3.01. The molecule has 0 unspecified atom stereocenters. The van der Waals surface area contributed by atoms with Gasteiger partial charge in [0, 0.05) is 40.8 Å². The maximum atomic E-state index is 12.7. The molecule has 0 radical (unpaired) electrons. The minimum atomic E-state index is -0.400. The van der Waals surface area contributed by atoms with Crippen molar-refractivity contribution < 1.29 is 14.4 Å². The molecule has 9 nitrogen and oxygen atoms in total. The zero-order chi connectivity index (χ0) is 20.9. The smallest absolute Gasteiger partial charge is 0.243 e. The Hall–Kier alpha value is -2.32. The average Bonchev–Trinajstić information content (AvgIpc) is 2.51. The Bertz CT molecular complexity index is 598. The van der Waals surface area contributed by atoms with Crippen LogP contribution in [0.1, 0.15) is 27.7 Å². The molecule has 0 bridgehead atoms. The summed E-state index contributed by atoms with van der Waals surface area (Å²) in [6.07, 6.45) is 0. The molecular weight excluding hydrogens is 348 g/mol. The molecule has 27 heavy (non-hydrogen) atoms. The molecule has 0 aromatic rings. The van der Waals surface area contributed by atoms with Crippen LogP contribution in [0.25, 0.3) is 0 Å². The van der Waals surface area contributed by atoms with Gasteiger partial charge in [-0.1, -0.05) is 0 Å². The van der Waals surface area contributed by atoms with Gasteiger partial charge in [0.15, 0.2) is 5.96 Å². The number of rotatable bonds is 5. The Kier molecular flexibility index (Phi) is 7.62. The van der Waals surface area contributed by atoms with E-state index in [1.165, 1.54) is 9.80 Å². The summed E-state index contributed by atoms with van der Waals surface area (Å²) in [5.41, 5.74) is -0.400. The van der Waals surface area contributed by atoms with Crippen molar-refractivity contribution in [3.63, 3.8) is 0 Å². The van der Waals surface area contributed by atoms with Gasteiger partial charge in [-0.05, 0) is 27.7 Å². The second-order valence-electron chi connectivity index (χ2n) is 8.10. The fraction of sp³-hybridized carbons (Fsp3) is 0.778. The van der Waals surface area contributed by atoms with Gasteiger partial charge < -0.3 is 24.9 Å². The summed E-state index contributed by atoms with van der Waals surface area (Å²) in [5.74, 6) is 0.117. The molecule has 1 N–H and O–H groups in total. The number of carbonyl (C=O) groups excluding carboxylic acids is 3. The maximum absolute atomic E-state index is 12.7. The van der Waals surface area contributed by atoms with Crippen LogP contribution in [0.5, 0.6) is 0 Å². The number of guanidine groups is 1. The molecule has 0 aromatic heterocycles. The van der Waals surface area contributed by atoms with Gasteiger partial charge in [-0.3, -0.25) is 14.4 Å². The predicted molar refractivity (Wildman–Crippen MR) is 105 cm³/mol. The standard InChI is InChI=1S/C18H34N6O3/c1-13(2)24-16(27)11-23(12-18(24,3)4)17(19-9-14(25)21(5)6)20-10-15(26)22(7)8/h13H,9-12H2,1-8H3,(H,19,20). The maximum Gasteiger partial charge on any atom is 0.243 e. The van der Waals surface area contributed by atoms with E-state index in [0.717, 1.165) is 0 Å². The van der Waals surface area contributed by atoms with Gasteiger partial charge in [-0.15, -0.1) is 0 Å². The summed E-state index contributed by atoms with van der Waals surface area (Å²) in [4.78, 5) is 47.6. The van der Waals surface area contributed by atoms with E-state index in [9.17, 15) is 14.4 Å². The summed E-state index contributed by atoms with van der Waals surface area (Å²) in [6, 6.07) is 0.0913. The summed E-state index contributed by atoms with van der Waals surface area (Å²) in [6.45, 7) is 8.69. The molecule has 1 saturated heterocycles. The van der Waals surface area contributed by atoms with Crippen LogP contribution < -0.4 is 5.32 Å². The lowest BCUT2D eigenvalue weighted by Gasteiger charge is -2.49. The van der Waals surface area contributed by atoms with Crippen molar-refractivity contribution in [2.75, 3.05) is 54.4 Å². The molecule has 3 amide bonds. The number of carbonyl (C=O) groups is 3. The number of aliphatic imine (C=N–C) groups is 1. The molecule has 9 heteroatoms. The van der Waals surface area contributed by atoms with Crippen molar-refractivity contribution in [1.82, 2.24) is 24.9 Å². The van der Waals surface area contributed by atoms with E-state index in [1.54, 1.807) is 28.2 Å². The van der Waals surface area contributed by atoms with Gasteiger partial charge in [0.05, 0.1) is 18.6 Å². The van der Waals surface area contributed by atoms with Gasteiger partial charge in [0.1, 0.15) is 6.54 Å². The summed E-state index contributed by atoms with van der Waals surface area (Å²) in [7, 11) is 6.66. The van der Waals surface area contributed by atoms with Crippen molar-refractivity contribution in [1.29, 1.82) is 0 Å². The minimum Gasteiger partial charge on any atom is -0.347 e. The van der Waals surface area contributed by atoms with Crippen molar-refractivity contribution in [3.05, 3.63) is 0 Å². The van der Waals surface area contributed by atoms with E-state index in [0.29, 0.717) is 12.5 Å². The van der Waals surface area contributed by atoms with Crippen molar-refractivity contribution in [3.8, 4) is 0 Å². The lowest BCUT2D eigenvalue weighted by Crippen LogP contribution is -2.66. The van der Waals surface area contributed by atoms with Gasteiger partial charge in [-0.2, -0.15) is 0 Å². The second-order valence-corrected chi connectivity index (χ2v) is 8.10. The summed E-state index contributed by atoms with van der Waals surface area (Å²) < 4.78 is 0. The lowest BCUT2D eigenvalue weighted by atomic mass is 9.96. The monoisotopic (exact) mass is 382 g/mol. The first-order valence-corrected chi connectivity index (χ1v) is 9.12. The minimum absolute atomic E-state index is 0.00591. The molecule has 1 fully saturated rings. The predicted octanol–water partition coefficient (Wildman–Crippen LogP) is -0.560. The van der Waals surface area contributed by atoms with E-state index >= 15 is 0 Å². The van der Waals surface area contributed by atoms with Gasteiger partial charge >= 0.3 is 0 Å². The Morgan fingerprint density at radius 2 is 1.70 bits per heavy atom. The largest absolute Gasteiger partial charge is 0.347 e. The Morgan fingerprint density at radius 3 is 2.15 bits per heavy atom. The zero-order valence-electron chi connectivity index (χ0n) is 17.9. The molecule has 1 heterocycles. The Labute approximate surface area is 162 Å². The van der Waals surface area contributed by atoms with Gasteiger partial charge in [0.25, 0.3) is 0 Å². The first-order valence-electron chi connectivity index (χ1n) is 9.12. The fourth-order valence-electron chi connectivity index (χ4n) is 3.18. The van der Waals surface area contributed by atoms with Crippen molar-refractivity contribution in [2.45, 2.75) is 39.3 Å². The third-order valence-electron chi connectivity index (χ3n) is 4.40. The Morgan fingerprint density at radius 1 is 1.15 bits per heavy atom. The highest BCUT2D eigenvalue weighted by Gasteiger charge is 2.40. The summed E-state index contributed by atoms with van der Waals surface area (Å²) >= 11 is 0. The van der Waals surface area contributed by atoms with E-state index < -0.39 is 5.54 Å². The van der Waals surface area contributed by atoms with Crippen LogP contribution in [0.15, 0.2) is 4.99 Å². The van der Waals surface area contributed by atoms with Crippen molar-refractivity contribution in [2.24, 2.45) is 4.99 Å². The highest BCUT2D eigenvalue weighted by atomic mass is 16.2. The van der Waals surface area contributed by atoms with E-state index in [2.05, 4.69) is 10.3 Å². The van der Waals surface area contributed by atoms with Crippen LogP contribution in [0.3, 0.4) is 0 Å². The van der Waals surface area contributed by atoms with E-state index in [-0.39, 0.29) is 43.4 Å². The first kappa shape index (κ1) is 22.7. The number of nitrogens with zero attached hydrogens (tertiary/aromatic N) is 5. The fourth-order valence-corrected chi connectivity index (χ4v) is 3.18. The first-order chi connectivity index (χ1) is 12.4. The third kappa shape index (κ3) is 6.11. The number of nitrogens with one attached hydrogen (secondary N) is 1. The van der Waals surface area contributed by atoms with E-state index in [1.807, 2.05) is 37.5 Å². The molecule has 0 aliphatic carbocycles. The number of likely N-dealkylation sites (N-methyl/N-ethyl adjacent to an activating group) is 2. The van der Waals surface area contributed by atoms with Crippen molar-refractivity contribution >= 4 is 23.7 Å². The topological polar surface area (TPSA) is 88.6 Å².